The molecule has 4 saturated carbocycles. The number of rotatable bonds is 6. The molecule has 0 aromatic heterocycles. The molecule has 1 aromatic rings. The first-order chi connectivity index (χ1) is 17.3. The molecule has 0 saturated heterocycles. The molecule has 0 N–H and O–H groups in total. The SMILES string of the molecule is CC=C(C[C@@H](C)[C@H]1CC[C@H]2[C@@H]3C(=O)C[C@@H]4CCCC[C@]4(C)[C@H]3CC[C@]12C)C(=O)OCc1ccccc1. The van der Waals surface area contributed by atoms with Crippen molar-refractivity contribution < 1.29 is 14.3 Å². The van der Waals surface area contributed by atoms with Crippen molar-refractivity contribution in [3.8, 4) is 0 Å². The van der Waals surface area contributed by atoms with Gasteiger partial charge in [0.15, 0.2) is 0 Å². The van der Waals surface area contributed by atoms with Gasteiger partial charge in [0, 0.05) is 17.9 Å². The van der Waals surface area contributed by atoms with Gasteiger partial charge in [-0.15, -0.1) is 0 Å². The number of hydrogen-bond acceptors (Lipinski definition) is 3. The van der Waals surface area contributed by atoms with Crippen LogP contribution in [-0.2, 0) is 20.9 Å². The molecule has 4 aliphatic carbocycles. The van der Waals surface area contributed by atoms with Crippen molar-refractivity contribution >= 4 is 11.8 Å². The van der Waals surface area contributed by atoms with Gasteiger partial charge in [-0.2, -0.15) is 0 Å². The third-order valence-electron chi connectivity index (χ3n) is 11.5. The maximum atomic E-state index is 13.6. The molecule has 4 fully saturated rings. The average molecular weight is 491 g/mol. The van der Waals surface area contributed by atoms with Gasteiger partial charge in [-0.25, -0.2) is 4.79 Å². The number of allylic oxidation sites excluding steroid dienone is 1. The summed E-state index contributed by atoms with van der Waals surface area (Å²) in [6.45, 7) is 9.64. The summed E-state index contributed by atoms with van der Waals surface area (Å²) in [5.74, 6) is 3.39. The summed E-state index contributed by atoms with van der Waals surface area (Å²) in [7, 11) is 0. The lowest BCUT2D eigenvalue weighted by Gasteiger charge is -2.60. The van der Waals surface area contributed by atoms with E-state index in [4.69, 9.17) is 4.74 Å². The van der Waals surface area contributed by atoms with Gasteiger partial charge in [0.05, 0.1) is 0 Å². The Morgan fingerprint density at radius 2 is 1.78 bits per heavy atom. The number of fused-ring (bicyclic) bond motifs is 5. The van der Waals surface area contributed by atoms with Crippen molar-refractivity contribution in [1.82, 2.24) is 0 Å². The summed E-state index contributed by atoms with van der Waals surface area (Å²) in [6.07, 6.45) is 13.6. The zero-order valence-corrected chi connectivity index (χ0v) is 22.9. The van der Waals surface area contributed by atoms with Gasteiger partial charge in [0.1, 0.15) is 12.4 Å². The van der Waals surface area contributed by atoms with Crippen LogP contribution < -0.4 is 0 Å². The van der Waals surface area contributed by atoms with E-state index >= 15 is 0 Å². The van der Waals surface area contributed by atoms with Crippen LogP contribution in [-0.4, -0.2) is 11.8 Å². The molecule has 5 rings (SSSR count). The third-order valence-corrected chi connectivity index (χ3v) is 11.5. The number of esters is 1. The average Bonchev–Trinajstić information content (AvgIpc) is 3.24. The third kappa shape index (κ3) is 4.39. The predicted octanol–water partition coefficient (Wildman–Crippen LogP) is 7.93. The fourth-order valence-corrected chi connectivity index (χ4v) is 9.56. The maximum Gasteiger partial charge on any atom is 0.334 e. The highest BCUT2D eigenvalue weighted by Crippen LogP contribution is 2.67. The lowest BCUT2D eigenvalue weighted by Crippen LogP contribution is -2.56. The summed E-state index contributed by atoms with van der Waals surface area (Å²) in [6, 6.07) is 9.90. The van der Waals surface area contributed by atoms with Gasteiger partial charge in [-0.05, 0) is 97.9 Å². The molecule has 1 aromatic carbocycles. The largest absolute Gasteiger partial charge is 0.457 e. The molecular weight excluding hydrogens is 444 g/mol. The topological polar surface area (TPSA) is 43.4 Å². The van der Waals surface area contributed by atoms with Crippen molar-refractivity contribution in [2.45, 2.75) is 98.5 Å². The molecule has 0 spiro atoms. The second-order valence-electron chi connectivity index (χ2n) is 13.1. The molecule has 3 heteroatoms. The Morgan fingerprint density at radius 3 is 2.53 bits per heavy atom. The standard InChI is InChI=1S/C33H46O3/c1-5-24(31(35)36-21-23-11-7-6-8-12-23)19-22(2)26-14-15-27-30-28(16-18-33(26,27)4)32(3)17-10-9-13-25(32)20-29(30)34/h5-8,11-12,22,25-28,30H,9-10,13-21H2,1-4H3/t22-,25+,26-,27+,28+,30+,32+,33-/m1/s1. The van der Waals surface area contributed by atoms with Crippen LogP contribution in [0, 0.1) is 46.3 Å². The molecular formula is C33H46O3. The minimum absolute atomic E-state index is 0.185. The van der Waals surface area contributed by atoms with E-state index in [0.29, 0.717) is 47.4 Å². The van der Waals surface area contributed by atoms with Crippen LogP contribution in [0.15, 0.2) is 42.0 Å². The van der Waals surface area contributed by atoms with Crippen molar-refractivity contribution in [3.63, 3.8) is 0 Å². The zero-order chi connectivity index (χ0) is 25.5. The highest BCUT2D eigenvalue weighted by atomic mass is 16.5. The fourth-order valence-electron chi connectivity index (χ4n) is 9.56. The number of Topliss-reactive ketones (excluding diaryl/α,β-unsaturated/α-hetero) is 1. The van der Waals surface area contributed by atoms with E-state index in [-0.39, 0.29) is 17.3 Å². The van der Waals surface area contributed by atoms with E-state index in [9.17, 15) is 9.59 Å². The van der Waals surface area contributed by atoms with Gasteiger partial charge in [-0.1, -0.05) is 70.0 Å². The molecule has 0 radical (unpaired) electrons. The fraction of sp³-hybridized carbons (Fsp3) is 0.697. The van der Waals surface area contributed by atoms with Crippen LogP contribution in [0.2, 0.25) is 0 Å². The smallest absolute Gasteiger partial charge is 0.334 e. The van der Waals surface area contributed by atoms with Gasteiger partial charge >= 0.3 is 5.97 Å². The lowest BCUT2D eigenvalue weighted by molar-refractivity contribution is -0.156. The van der Waals surface area contributed by atoms with Crippen LogP contribution in [0.3, 0.4) is 0 Å². The Hall–Kier alpha value is -1.90. The number of benzene rings is 1. The van der Waals surface area contributed by atoms with Crippen molar-refractivity contribution in [1.29, 1.82) is 0 Å². The van der Waals surface area contributed by atoms with Crippen LogP contribution >= 0.6 is 0 Å². The molecule has 3 nitrogen and oxygen atoms in total. The minimum atomic E-state index is -0.185. The van der Waals surface area contributed by atoms with Crippen molar-refractivity contribution in [2.24, 2.45) is 46.3 Å². The Kier molecular flexibility index (Phi) is 7.22. The molecule has 0 amide bonds. The van der Waals surface area contributed by atoms with Crippen LogP contribution in [0.5, 0.6) is 0 Å². The predicted molar refractivity (Wildman–Crippen MR) is 144 cm³/mol. The number of carbonyl (C=O) groups is 2. The van der Waals surface area contributed by atoms with E-state index in [2.05, 4.69) is 20.8 Å². The molecule has 0 aliphatic heterocycles. The van der Waals surface area contributed by atoms with E-state index in [1.54, 1.807) is 0 Å². The Labute approximate surface area is 218 Å². The molecule has 0 unspecified atom stereocenters. The first kappa shape index (κ1) is 25.7. The van der Waals surface area contributed by atoms with Crippen LogP contribution in [0.1, 0.15) is 97.5 Å². The minimum Gasteiger partial charge on any atom is -0.457 e. The summed E-state index contributed by atoms with van der Waals surface area (Å²) < 4.78 is 5.67. The second-order valence-corrected chi connectivity index (χ2v) is 13.1. The molecule has 8 atom stereocenters. The first-order valence-electron chi connectivity index (χ1n) is 14.7. The maximum absolute atomic E-state index is 13.6. The molecule has 4 aliphatic rings. The second kappa shape index (κ2) is 10.1. The monoisotopic (exact) mass is 490 g/mol. The number of hydrogen-bond donors (Lipinski definition) is 0. The molecule has 36 heavy (non-hydrogen) atoms. The summed E-state index contributed by atoms with van der Waals surface area (Å²) in [4.78, 5) is 26.5. The number of ether oxygens (including phenoxy) is 1. The van der Waals surface area contributed by atoms with Crippen molar-refractivity contribution in [3.05, 3.63) is 47.5 Å². The number of carbonyl (C=O) groups excluding carboxylic acids is 2. The summed E-state index contributed by atoms with van der Waals surface area (Å²) >= 11 is 0. The zero-order valence-electron chi connectivity index (χ0n) is 22.9. The Balaban J connectivity index is 1.27. The lowest BCUT2D eigenvalue weighted by atomic mass is 9.44. The normalized spacial score (nSPS) is 39.1. The van der Waals surface area contributed by atoms with Crippen LogP contribution in [0.4, 0.5) is 0 Å². The van der Waals surface area contributed by atoms with Crippen LogP contribution in [0.25, 0.3) is 0 Å². The first-order valence-corrected chi connectivity index (χ1v) is 14.7. The highest BCUT2D eigenvalue weighted by molar-refractivity contribution is 5.88. The van der Waals surface area contributed by atoms with Gasteiger partial charge < -0.3 is 4.74 Å². The van der Waals surface area contributed by atoms with Gasteiger partial charge in [0.2, 0.25) is 0 Å². The quantitative estimate of drug-likeness (QED) is 0.300. The van der Waals surface area contributed by atoms with Crippen molar-refractivity contribution in [2.75, 3.05) is 0 Å². The van der Waals surface area contributed by atoms with E-state index in [1.165, 1.54) is 51.4 Å². The molecule has 0 bridgehead atoms. The Morgan fingerprint density at radius 1 is 1.03 bits per heavy atom. The van der Waals surface area contributed by atoms with Gasteiger partial charge in [-0.3, -0.25) is 4.79 Å². The summed E-state index contributed by atoms with van der Waals surface area (Å²) in [5.41, 5.74) is 2.40. The molecule has 0 heterocycles. The van der Waals surface area contributed by atoms with E-state index in [1.807, 2.05) is 43.3 Å². The number of ketones is 1. The van der Waals surface area contributed by atoms with E-state index < -0.39 is 0 Å². The van der Waals surface area contributed by atoms with E-state index in [0.717, 1.165) is 24.0 Å². The summed E-state index contributed by atoms with van der Waals surface area (Å²) in [5, 5.41) is 0. The van der Waals surface area contributed by atoms with Gasteiger partial charge in [0.25, 0.3) is 0 Å². The molecule has 196 valence electrons. The highest BCUT2D eigenvalue weighted by Gasteiger charge is 2.62. The Bertz CT molecular complexity index is 995.